The van der Waals surface area contributed by atoms with Crippen LogP contribution in [0, 0.1) is 24.1 Å². The summed E-state index contributed by atoms with van der Waals surface area (Å²) in [6, 6.07) is 8.73. The highest BCUT2D eigenvalue weighted by Gasteiger charge is 2.33. The Kier molecular flexibility index (Phi) is 8.32. The van der Waals surface area contributed by atoms with Gasteiger partial charge in [-0.05, 0) is 37.6 Å². The number of benzene rings is 1. The lowest BCUT2D eigenvalue weighted by Gasteiger charge is -2.39. The molecular formula is C26H28FN5O3S2. The Balaban J connectivity index is 1.75. The molecule has 194 valence electrons. The molecule has 4 rings (SSSR count). The van der Waals surface area contributed by atoms with E-state index in [0.717, 1.165) is 0 Å². The number of hydrogen-bond donors (Lipinski definition) is 0. The first kappa shape index (κ1) is 26.9. The third-order valence-corrected chi connectivity index (χ3v) is 7.98. The van der Waals surface area contributed by atoms with Gasteiger partial charge in [0, 0.05) is 45.4 Å². The first-order chi connectivity index (χ1) is 17.8. The van der Waals surface area contributed by atoms with Crippen LogP contribution < -0.4 is 15.4 Å². The maximum absolute atomic E-state index is 14.4. The molecule has 2 saturated heterocycles. The molecule has 0 unspecified atom stereocenters. The molecule has 3 heterocycles. The molecule has 2 aliphatic rings. The van der Waals surface area contributed by atoms with Crippen LogP contribution in [0.1, 0.15) is 23.6 Å². The molecule has 0 spiro atoms. The number of anilines is 2. The van der Waals surface area contributed by atoms with Crippen LogP contribution in [0.3, 0.4) is 0 Å². The second kappa shape index (κ2) is 11.5. The Labute approximate surface area is 224 Å². The number of pyridine rings is 1. The molecule has 0 atom stereocenters. The lowest BCUT2D eigenvalue weighted by Crippen LogP contribution is -2.49. The maximum atomic E-state index is 14.4. The van der Waals surface area contributed by atoms with E-state index < -0.39 is 0 Å². The van der Waals surface area contributed by atoms with Gasteiger partial charge in [-0.1, -0.05) is 36.1 Å². The summed E-state index contributed by atoms with van der Waals surface area (Å²) in [6.45, 7) is 6.82. The van der Waals surface area contributed by atoms with Crippen LogP contribution in [0.5, 0.6) is 0 Å². The average molecular weight is 542 g/mol. The lowest BCUT2D eigenvalue weighted by molar-refractivity contribution is -0.122. The van der Waals surface area contributed by atoms with Gasteiger partial charge in [0.1, 0.15) is 27.6 Å². The Morgan fingerprint density at radius 2 is 1.86 bits per heavy atom. The molecule has 37 heavy (non-hydrogen) atoms. The number of carbonyl (C=O) groups excluding carboxylic acids is 1. The van der Waals surface area contributed by atoms with E-state index in [1.807, 2.05) is 24.0 Å². The van der Waals surface area contributed by atoms with Crippen LogP contribution >= 0.6 is 24.0 Å². The summed E-state index contributed by atoms with van der Waals surface area (Å²) in [6.07, 6.45) is 1.74. The fourth-order valence-corrected chi connectivity index (χ4v) is 5.94. The van der Waals surface area contributed by atoms with Gasteiger partial charge in [-0.15, -0.1) is 0 Å². The topological polar surface area (TPSA) is 81.8 Å². The number of piperazine rings is 1. The van der Waals surface area contributed by atoms with Gasteiger partial charge in [-0.3, -0.25) is 19.1 Å². The highest BCUT2D eigenvalue weighted by Crippen LogP contribution is 2.36. The molecule has 0 saturated carbocycles. The first-order valence-corrected chi connectivity index (χ1v) is 13.2. The molecule has 0 radical (unpaired) electrons. The molecule has 0 bridgehead atoms. The van der Waals surface area contributed by atoms with Gasteiger partial charge in [0.25, 0.3) is 11.5 Å². The van der Waals surface area contributed by atoms with E-state index in [1.54, 1.807) is 36.8 Å². The van der Waals surface area contributed by atoms with Gasteiger partial charge in [0.2, 0.25) is 0 Å². The Hall–Kier alpha value is -3.20. The number of para-hydroxylation sites is 1. The maximum Gasteiger partial charge on any atom is 0.270 e. The second-order valence-corrected chi connectivity index (χ2v) is 10.3. The summed E-state index contributed by atoms with van der Waals surface area (Å²) in [5, 5.41) is 9.77. The molecular weight excluding hydrogens is 513 g/mol. The van der Waals surface area contributed by atoms with Gasteiger partial charge in [-0.2, -0.15) is 5.26 Å². The Morgan fingerprint density at radius 1 is 1.19 bits per heavy atom. The van der Waals surface area contributed by atoms with Crippen molar-refractivity contribution in [3.05, 3.63) is 62.0 Å². The van der Waals surface area contributed by atoms with Gasteiger partial charge >= 0.3 is 0 Å². The lowest BCUT2D eigenvalue weighted by atomic mass is 10.0. The molecule has 11 heteroatoms. The van der Waals surface area contributed by atoms with E-state index in [0.29, 0.717) is 77.7 Å². The monoisotopic (exact) mass is 541 g/mol. The largest absolute Gasteiger partial charge is 0.383 e. The number of halogens is 1. The normalized spacial score (nSPS) is 17.2. The number of thioether (sulfide) groups is 1. The number of aromatic nitrogens is 1. The molecule has 2 aliphatic heterocycles. The van der Waals surface area contributed by atoms with Gasteiger partial charge in [-0.25, -0.2) is 4.39 Å². The molecule has 0 N–H and O–H groups in total. The standard InChI is InChI=1S/C26H28FN5O3S2/c1-4-31-23(30-11-9-29(10-12-30)21-8-6-5-7-20(21)27)18(17(2)19(16-28)24(31)33)15-22-25(34)32(13-14-35-3)26(36)37-22/h5-8,15H,4,9-14H2,1-3H3. The number of nitriles is 1. The van der Waals surface area contributed by atoms with Crippen LogP contribution in [0.2, 0.25) is 0 Å². The Morgan fingerprint density at radius 3 is 2.49 bits per heavy atom. The number of carbonyl (C=O) groups is 1. The second-order valence-electron chi connectivity index (χ2n) is 8.65. The van der Waals surface area contributed by atoms with Crippen LogP contribution in [0.25, 0.3) is 6.08 Å². The molecule has 2 fully saturated rings. The highest BCUT2D eigenvalue weighted by atomic mass is 32.2. The number of amides is 1. The fraction of sp³-hybridized carbons (Fsp3) is 0.385. The SMILES string of the molecule is CCn1c(N2CCN(c3ccccc3F)CC2)c(C=C2SC(=S)N(CCOC)C2=O)c(C)c(C#N)c1=O. The summed E-state index contributed by atoms with van der Waals surface area (Å²) in [5.74, 6) is 0.153. The average Bonchev–Trinajstić information content (AvgIpc) is 3.16. The molecule has 1 amide bonds. The van der Waals surface area contributed by atoms with Gasteiger partial charge in [0.05, 0.1) is 23.7 Å². The summed E-state index contributed by atoms with van der Waals surface area (Å²) in [5.41, 5.74) is 1.40. The zero-order valence-corrected chi connectivity index (χ0v) is 22.6. The van der Waals surface area contributed by atoms with Crippen molar-refractivity contribution in [2.75, 3.05) is 56.2 Å². The van der Waals surface area contributed by atoms with Crippen molar-refractivity contribution < 1.29 is 13.9 Å². The van der Waals surface area contributed by atoms with Gasteiger partial charge in [0.15, 0.2) is 0 Å². The molecule has 1 aromatic heterocycles. The number of ether oxygens (including phenoxy) is 1. The zero-order valence-electron chi connectivity index (χ0n) is 21.0. The smallest absolute Gasteiger partial charge is 0.270 e. The number of methoxy groups -OCH3 is 1. The number of rotatable bonds is 7. The van der Waals surface area contributed by atoms with E-state index >= 15 is 0 Å². The third-order valence-electron chi connectivity index (χ3n) is 6.60. The van der Waals surface area contributed by atoms with E-state index in [1.165, 1.54) is 22.7 Å². The summed E-state index contributed by atoms with van der Waals surface area (Å²) in [7, 11) is 1.56. The predicted octanol–water partition coefficient (Wildman–Crippen LogP) is 3.36. The van der Waals surface area contributed by atoms with E-state index in [2.05, 4.69) is 4.90 Å². The van der Waals surface area contributed by atoms with E-state index in [4.69, 9.17) is 17.0 Å². The van der Waals surface area contributed by atoms with Crippen molar-refractivity contribution in [3.63, 3.8) is 0 Å². The predicted molar refractivity (Wildman–Crippen MR) is 148 cm³/mol. The van der Waals surface area contributed by atoms with Crippen LogP contribution in [0.4, 0.5) is 15.9 Å². The molecule has 8 nitrogen and oxygen atoms in total. The minimum Gasteiger partial charge on any atom is -0.383 e. The minimum absolute atomic E-state index is 0.0525. The highest BCUT2D eigenvalue weighted by molar-refractivity contribution is 8.26. The third kappa shape index (κ3) is 5.14. The zero-order chi connectivity index (χ0) is 26.7. The summed E-state index contributed by atoms with van der Waals surface area (Å²) >= 11 is 6.62. The van der Waals surface area contributed by atoms with Crippen molar-refractivity contribution in [1.82, 2.24) is 9.47 Å². The summed E-state index contributed by atoms with van der Waals surface area (Å²) in [4.78, 5) is 32.4. The molecule has 0 aliphatic carbocycles. The van der Waals surface area contributed by atoms with Crippen LogP contribution in [-0.2, 0) is 16.1 Å². The number of hydrogen-bond acceptors (Lipinski definition) is 8. The van der Waals surface area contributed by atoms with Crippen LogP contribution in [-0.4, -0.2) is 66.1 Å². The first-order valence-electron chi connectivity index (χ1n) is 12.0. The van der Waals surface area contributed by atoms with Crippen molar-refractivity contribution in [3.8, 4) is 6.07 Å². The quantitative estimate of drug-likeness (QED) is 0.390. The molecule has 2 aromatic rings. The number of thiocarbonyl (C=S) groups is 1. The van der Waals surface area contributed by atoms with Crippen LogP contribution in [0.15, 0.2) is 34.0 Å². The minimum atomic E-state index is -0.362. The van der Waals surface area contributed by atoms with Crippen molar-refractivity contribution in [2.24, 2.45) is 0 Å². The molecule has 1 aromatic carbocycles. The van der Waals surface area contributed by atoms with E-state index in [9.17, 15) is 19.2 Å². The van der Waals surface area contributed by atoms with Crippen molar-refractivity contribution in [2.45, 2.75) is 20.4 Å². The fourth-order valence-electron chi connectivity index (χ4n) is 4.65. The number of nitrogens with zero attached hydrogens (tertiary/aromatic N) is 5. The van der Waals surface area contributed by atoms with Gasteiger partial charge < -0.3 is 14.5 Å². The van der Waals surface area contributed by atoms with Crippen molar-refractivity contribution >= 4 is 51.8 Å². The summed E-state index contributed by atoms with van der Waals surface area (Å²) < 4.78 is 21.5. The van der Waals surface area contributed by atoms with E-state index in [-0.39, 0.29) is 22.8 Å². The Bertz CT molecular complexity index is 1360. The van der Waals surface area contributed by atoms with Crippen molar-refractivity contribution in [1.29, 1.82) is 5.26 Å².